The third-order valence-electron chi connectivity index (χ3n) is 2.67. The maximum absolute atomic E-state index is 9.95. The molecular weight excluding hydrogens is 164 g/mol. The molecule has 1 aromatic rings. The van der Waals surface area contributed by atoms with Crippen LogP contribution in [0.1, 0.15) is 32.7 Å². The van der Waals surface area contributed by atoms with E-state index in [0.29, 0.717) is 5.92 Å². The first kappa shape index (κ1) is 10.3. The Hall–Kier alpha value is -0.830. The third kappa shape index (κ3) is 2.10. The number of hydrogen-bond acceptors (Lipinski definition) is 2. The first-order valence-corrected chi connectivity index (χ1v) is 4.69. The SMILES string of the molecule is CC(C)C(C)C(O)c1nccn1C. The minimum atomic E-state index is -0.458. The normalized spacial score (nSPS) is 16.2. The standard InChI is InChI=1S/C10H18N2O/c1-7(2)8(3)9(13)10-11-5-6-12(10)4/h5-9,13H,1-4H3. The molecule has 13 heavy (non-hydrogen) atoms. The highest BCUT2D eigenvalue weighted by molar-refractivity contribution is 4.97. The van der Waals surface area contributed by atoms with E-state index in [4.69, 9.17) is 0 Å². The summed E-state index contributed by atoms with van der Waals surface area (Å²) in [5, 5.41) is 9.95. The maximum Gasteiger partial charge on any atom is 0.137 e. The van der Waals surface area contributed by atoms with Crippen molar-refractivity contribution in [3.63, 3.8) is 0 Å². The first-order chi connectivity index (χ1) is 6.04. The lowest BCUT2D eigenvalue weighted by Gasteiger charge is -2.21. The molecule has 3 heteroatoms. The average Bonchev–Trinajstić information content (AvgIpc) is 2.48. The molecule has 1 rings (SSSR count). The van der Waals surface area contributed by atoms with E-state index in [1.54, 1.807) is 6.20 Å². The lowest BCUT2D eigenvalue weighted by molar-refractivity contribution is 0.0816. The van der Waals surface area contributed by atoms with Crippen LogP contribution in [0, 0.1) is 11.8 Å². The zero-order chi connectivity index (χ0) is 10.0. The second kappa shape index (κ2) is 3.92. The van der Waals surface area contributed by atoms with E-state index >= 15 is 0 Å². The molecule has 0 aliphatic rings. The largest absolute Gasteiger partial charge is 0.385 e. The highest BCUT2D eigenvalue weighted by Gasteiger charge is 2.22. The molecule has 0 aliphatic carbocycles. The minimum absolute atomic E-state index is 0.237. The fraction of sp³-hybridized carbons (Fsp3) is 0.700. The summed E-state index contributed by atoms with van der Waals surface area (Å²) in [7, 11) is 1.90. The van der Waals surface area contributed by atoms with Gasteiger partial charge in [0.1, 0.15) is 11.9 Å². The molecule has 0 bridgehead atoms. The lowest BCUT2D eigenvalue weighted by Crippen LogP contribution is -2.18. The van der Waals surface area contributed by atoms with E-state index in [0.717, 1.165) is 5.82 Å². The predicted octanol–water partition coefficient (Wildman–Crippen LogP) is 1.75. The number of hydrogen-bond donors (Lipinski definition) is 1. The van der Waals surface area contributed by atoms with E-state index in [-0.39, 0.29) is 5.92 Å². The van der Waals surface area contributed by atoms with Gasteiger partial charge in [0.25, 0.3) is 0 Å². The van der Waals surface area contributed by atoms with Gasteiger partial charge in [0, 0.05) is 19.4 Å². The van der Waals surface area contributed by atoms with Crippen LogP contribution in [0.15, 0.2) is 12.4 Å². The summed E-state index contributed by atoms with van der Waals surface area (Å²) in [6.45, 7) is 6.26. The summed E-state index contributed by atoms with van der Waals surface area (Å²) in [6.07, 6.45) is 3.11. The molecule has 0 saturated heterocycles. The van der Waals surface area contributed by atoms with Gasteiger partial charge in [0.15, 0.2) is 0 Å². The van der Waals surface area contributed by atoms with E-state index in [9.17, 15) is 5.11 Å². The van der Waals surface area contributed by atoms with E-state index in [1.165, 1.54) is 0 Å². The van der Waals surface area contributed by atoms with Crippen molar-refractivity contribution in [3.05, 3.63) is 18.2 Å². The molecule has 2 unspecified atom stereocenters. The smallest absolute Gasteiger partial charge is 0.137 e. The molecule has 2 atom stereocenters. The van der Waals surface area contributed by atoms with Crippen LogP contribution in [-0.2, 0) is 7.05 Å². The Balaban J connectivity index is 2.79. The Morgan fingerprint density at radius 3 is 2.38 bits per heavy atom. The molecule has 0 aromatic carbocycles. The third-order valence-corrected chi connectivity index (χ3v) is 2.67. The molecule has 0 radical (unpaired) electrons. The second-order valence-corrected chi connectivity index (χ2v) is 3.94. The predicted molar refractivity (Wildman–Crippen MR) is 52.2 cm³/mol. The first-order valence-electron chi connectivity index (χ1n) is 4.69. The monoisotopic (exact) mass is 182 g/mol. The highest BCUT2D eigenvalue weighted by Crippen LogP contribution is 2.25. The van der Waals surface area contributed by atoms with E-state index < -0.39 is 6.10 Å². The summed E-state index contributed by atoms with van der Waals surface area (Å²) in [4.78, 5) is 4.13. The summed E-state index contributed by atoms with van der Waals surface area (Å²) < 4.78 is 1.86. The van der Waals surface area contributed by atoms with Gasteiger partial charge in [-0.15, -0.1) is 0 Å². The van der Waals surface area contributed by atoms with Crippen LogP contribution in [0.25, 0.3) is 0 Å². The summed E-state index contributed by atoms with van der Waals surface area (Å²) >= 11 is 0. The van der Waals surface area contributed by atoms with Crippen LogP contribution in [0.5, 0.6) is 0 Å². The quantitative estimate of drug-likeness (QED) is 0.773. The average molecular weight is 182 g/mol. The zero-order valence-electron chi connectivity index (χ0n) is 8.73. The van der Waals surface area contributed by atoms with Gasteiger partial charge in [0.05, 0.1) is 0 Å². The summed E-state index contributed by atoms with van der Waals surface area (Å²) in [5.41, 5.74) is 0. The van der Waals surface area contributed by atoms with Crippen molar-refractivity contribution in [2.24, 2.45) is 18.9 Å². The number of aryl methyl sites for hydroxylation is 1. The van der Waals surface area contributed by atoms with Crippen molar-refractivity contribution in [2.45, 2.75) is 26.9 Å². The van der Waals surface area contributed by atoms with Crippen molar-refractivity contribution in [3.8, 4) is 0 Å². The number of aromatic nitrogens is 2. The Morgan fingerprint density at radius 2 is 2.00 bits per heavy atom. The second-order valence-electron chi connectivity index (χ2n) is 3.94. The zero-order valence-corrected chi connectivity index (χ0v) is 8.73. The topological polar surface area (TPSA) is 38.1 Å². The number of aliphatic hydroxyl groups excluding tert-OH is 1. The Morgan fingerprint density at radius 1 is 1.38 bits per heavy atom. The summed E-state index contributed by atoms with van der Waals surface area (Å²) in [6, 6.07) is 0. The van der Waals surface area contributed by atoms with Crippen molar-refractivity contribution in [2.75, 3.05) is 0 Å². The number of rotatable bonds is 3. The van der Waals surface area contributed by atoms with Crippen molar-refractivity contribution in [1.82, 2.24) is 9.55 Å². The van der Waals surface area contributed by atoms with Gasteiger partial charge >= 0.3 is 0 Å². The maximum atomic E-state index is 9.95. The highest BCUT2D eigenvalue weighted by atomic mass is 16.3. The van der Waals surface area contributed by atoms with Gasteiger partial charge in [-0.1, -0.05) is 20.8 Å². The van der Waals surface area contributed by atoms with Crippen molar-refractivity contribution < 1.29 is 5.11 Å². The van der Waals surface area contributed by atoms with Crippen LogP contribution in [0.2, 0.25) is 0 Å². The Labute approximate surface area is 79.4 Å². The van der Waals surface area contributed by atoms with Crippen LogP contribution >= 0.6 is 0 Å². The van der Waals surface area contributed by atoms with Gasteiger partial charge in [-0.3, -0.25) is 0 Å². The van der Waals surface area contributed by atoms with Gasteiger partial charge in [-0.25, -0.2) is 4.98 Å². The molecule has 0 saturated carbocycles. The molecule has 1 heterocycles. The van der Waals surface area contributed by atoms with Crippen LogP contribution < -0.4 is 0 Å². The van der Waals surface area contributed by atoms with Crippen molar-refractivity contribution in [1.29, 1.82) is 0 Å². The molecule has 0 fully saturated rings. The van der Waals surface area contributed by atoms with Gasteiger partial charge in [0.2, 0.25) is 0 Å². The van der Waals surface area contributed by atoms with Gasteiger partial charge < -0.3 is 9.67 Å². The minimum Gasteiger partial charge on any atom is -0.385 e. The molecule has 1 aromatic heterocycles. The Kier molecular flexibility index (Phi) is 3.09. The van der Waals surface area contributed by atoms with Crippen molar-refractivity contribution >= 4 is 0 Å². The molecule has 1 N–H and O–H groups in total. The number of aliphatic hydroxyl groups is 1. The molecule has 3 nitrogen and oxygen atoms in total. The van der Waals surface area contributed by atoms with E-state index in [2.05, 4.69) is 18.8 Å². The summed E-state index contributed by atoms with van der Waals surface area (Å²) in [5.74, 6) is 1.45. The molecular formula is C10H18N2O. The van der Waals surface area contributed by atoms with Crippen LogP contribution in [0.4, 0.5) is 0 Å². The number of nitrogens with zero attached hydrogens (tertiary/aromatic N) is 2. The number of imidazole rings is 1. The molecule has 0 aliphatic heterocycles. The lowest BCUT2D eigenvalue weighted by atomic mass is 9.92. The molecule has 0 amide bonds. The molecule has 74 valence electrons. The van der Waals surface area contributed by atoms with Crippen LogP contribution in [0.3, 0.4) is 0 Å². The molecule has 0 spiro atoms. The van der Waals surface area contributed by atoms with Gasteiger partial charge in [-0.05, 0) is 11.8 Å². The van der Waals surface area contributed by atoms with Gasteiger partial charge in [-0.2, -0.15) is 0 Å². The fourth-order valence-corrected chi connectivity index (χ4v) is 1.26. The van der Waals surface area contributed by atoms with E-state index in [1.807, 2.05) is 24.7 Å². The fourth-order valence-electron chi connectivity index (χ4n) is 1.26. The van der Waals surface area contributed by atoms with Crippen LogP contribution in [-0.4, -0.2) is 14.7 Å². The Bertz CT molecular complexity index is 268.